The number of sulfonamides is 1. The molecule has 1 unspecified atom stereocenters. The Balaban J connectivity index is 3.14. The van der Waals surface area contributed by atoms with Crippen molar-refractivity contribution in [3.63, 3.8) is 0 Å². The molecular weight excluding hydrogens is 278 g/mol. The molecule has 1 atom stereocenters. The van der Waals surface area contributed by atoms with Crippen molar-refractivity contribution in [1.82, 2.24) is 4.72 Å². The number of nitrogens with one attached hydrogen (secondary N) is 1. The molecule has 114 valence electrons. The summed E-state index contributed by atoms with van der Waals surface area (Å²) in [7, 11) is -0.510. The first-order valence-corrected chi connectivity index (χ1v) is 7.94. The first-order chi connectivity index (χ1) is 9.37. The van der Waals surface area contributed by atoms with Crippen molar-refractivity contribution < 1.29 is 13.2 Å². The Kier molecular flexibility index (Phi) is 5.79. The van der Waals surface area contributed by atoms with E-state index in [-0.39, 0.29) is 16.6 Å². The minimum atomic E-state index is -3.53. The van der Waals surface area contributed by atoms with Gasteiger partial charge in [0.05, 0.1) is 12.3 Å². The summed E-state index contributed by atoms with van der Waals surface area (Å²) in [5.74, 6) is 0. The Morgan fingerprint density at radius 1 is 1.45 bits per heavy atom. The van der Waals surface area contributed by atoms with Gasteiger partial charge in [-0.1, -0.05) is 0 Å². The summed E-state index contributed by atoms with van der Waals surface area (Å²) in [6.45, 7) is 5.44. The van der Waals surface area contributed by atoms with E-state index >= 15 is 0 Å². The third-order valence-electron chi connectivity index (χ3n) is 3.16. The van der Waals surface area contributed by atoms with E-state index in [0.29, 0.717) is 6.61 Å². The molecule has 20 heavy (non-hydrogen) atoms. The lowest BCUT2D eigenvalue weighted by molar-refractivity contribution is 0.182. The fraction of sp³-hybridized carbons (Fsp3) is 0.538. The number of hydrogen-bond donors (Lipinski definition) is 2. The van der Waals surface area contributed by atoms with E-state index in [4.69, 9.17) is 10.5 Å². The minimum Gasteiger partial charge on any atom is -0.398 e. The largest absolute Gasteiger partial charge is 0.398 e. The third kappa shape index (κ3) is 3.62. The van der Waals surface area contributed by atoms with Gasteiger partial charge in [0.2, 0.25) is 10.0 Å². The van der Waals surface area contributed by atoms with Crippen LogP contribution in [0.25, 0.3) is 0 Å². The predicted octanol–water partition coefficient (Wildman–Crippen LogP) is 1.04. The number of ether oxygens (including phenoxy) is 1. The van der Waals surface area contributed by atoms with Gasteiger partial charge in [0.25, 0.3) is 0 Å². The number of methoxy groups -OCH3 is 1. The number of likely N-dealkylation sites (N-methyl/N-ethyl adjacent to an activating group) is 1. The molecule has 0 saturated carbocycles. The molecule has 7 heteroatoms. The number of nitrogens with zero attached hydrogens (tertiary/aromatic N) is 1. The zero-order valence-corrected chi connectivity index (χ0v) is 13.2. The van der Waals surface area contributed by atoms with Gasteiger partial charge in [-0.2, -0.15) is 0 Å². The summed E-state index contributed by atoms with van der Waals surface area (Å²) in [5.41, 5.74) is 6.99. The van der Waals surface area contributed by atoms with Crippen LogP contribution in [0.5, 0.6) is 0 Å². The summed E-state index contributed by atoms with van der Waals surface area (Å²) in [4.78, 5) is 2.20. The summed E-state index contributed by atoms with van der Waals surface area (Å²) < 4.78 is 31.0. The van der Waals surface area contributed by atoms with Crippen molar-refractivity contribution in [2.45, 2.75) is 24.8 Å². The smallest absolute Gasteiger partial charge is 0.242 e. The highest BCUT2D eigenvalue weighted by Crippen LogP contribution is 2.26. The average molecular weight is 301 g/mol. The quantitative estimate of drug-likeness (QED) is 0.735. The highest BCUT2D eigenvalue weighted by molar-refractivity contribution is 7.89. The van der Waals surface area contributed by atoms with Gasteiger partial charge in [-0.25, -0.2) is 13.1 Å². The summed E-state index contributed by atoms with van der Waals surface area (Å²) in [6, 6.07) is 5.14. The highest BCUT2D eigenvalue weighted by atomic mass is 32.2. The van der Waals surface area contributed by atoms with Crippen molar-refractivity contribution in [1.29, 1.82) is 0 Å². The van der Waals surface area contributed by atoms with Gasteiger partial charge in [0.1, 0.15) is 4.90 Å². The maximum absolute atomic E-state index is 11.8. The van der Waals surface area contributed by atoms with Crippen LogP contribution in [0.15, 0.2) is 23.1 Å². The van der Waals surface area contributed by atoms with Gasteiger partial charge in [0.15, 0.2) is 0 Å². The van der Waals surface area contributed by atoms with E-state index in [2.05, 4.69) is 9.62 Å². The molecule has 0 aliphatic rings. The average Bonchev–Trinajstić information content (AvgIpc) is 2.39. The molecule has 0 heterocycles. The van der Waals surface area contributed by atoms with Crippen LogP contribution in [0, 0.1) is 0 Å². The fourth-order valence-electron chi connectivity index (χ4n) is 2.15. The molecule has 0 radical (unpaired) electrons. The molecule has 0 saturated heterocycles. The maximum atomic E-state index is 11.8. The van der Waals surface area contributed by atoms with E-state index in [1.54, 1.807) is 19.2 Å². The van der Waals surface area contributed by atoms with Crippen LogP contribution in [0.4, 0.5) is 11.4 Å². The van der Waals surface area contributed by atoms with Crippen molar-refractivity contribution in [3.8, 4) is 0 Å². The molecule has 0 aromatic heterocycles. The molecule has 0 aliphatic heterocycles. The van der Waals surface area contributed by atoms with E-state index in [0.717, 1.165) is 12.2 Å². The number of benzene rings is 1. The Hall–Kier alpha value is -1.31. The summed E-state index contributed by atoms with van der Waals surface area (Å²) >= 11 is 0. The molecule has 1 rings (SSSR count). The fourth-order valence-corrected chi connectivity index (χ4v) is 2.99. The highest BCUT2D eigenvalue weighted by Gasteiger charge is 2.18. The number of anilines is 2. The zero-order chi connectivity index (χ0) is 15.3. The Labute approximate surface area is 121 Å². The SMILES string of the molecule is CCN(c1ccc(S(=O)(=O)NC)c(N)c1)C(C)COC. The molecule has 1 aromatic carbocycles. The van der Waals surface area contributed by atoms with Crippen LogP contribution in [0.2, 0.25) is 0 Å². The Morgan fingerprint density at radius 2 is 2.10 bits per heavy atom. The molecular formula is C13H23N3O3S. The lowest BCUT2D eigenvalue weighted by atomic mass is 10.2. The van der Waals surface area contributed by atoms with Gasteiger partial charge in [0, 0.05) is 25.4 Å². The second kappa shape index (κ2) is 6.92. The van der Waals surface area contributed by atoms with E-state index in [1.165, 1.54) is 13.1 Å². The maximum Gasteiger partial charge on any atom is 0.242 e. The van der Waals surface area contributed by atoms with Crippen LogP contribution < -0.4 is 15.4 Å². The number of rotatable bonds is 7. The van der Waals surface area contributed by atoms with Crippen LogP contribution in [-0.4, -0.2) is 41.8 Å². The van der Waals surface area contributed by atoms with Crippen molar-refractivity contribution >= 4 is 21.4 Å². The number of hydrogen-bond acceptors (Lipinski definition) is 5. The third-order valence-corrected chi connectivity index (χ3v) is 4.65. The van der Waals surface area contributed by atoms with Crippen LogP contribution in [0.3, 0.4) is 0 Å². The summed E-state index contributed by atoms with van der Waals surface area (Å²) in [5, 5.41) is 0. The molecule has 0 amide bonds. The van der Waals surface area contributed by atoms with Gasteiger partial charge in [-0.3, -0.25) is 0 Å². The van der Waals surface area contributed by atoms with Crippen molar-refractivity contribution in [2.24, 2.45) is 0 Å². The summed E-state index contributed by atoms with van der Waals surface area (Å²) in [6.07, 6.45) is 0. The normalized spacial score (nSPS) is 13.2. The molecule has 0 bridgehead atoms. The van der Waals surface area contributed by atoms with Gasteiger partial charge >= 0.3 is 0 Å². The second-order valence-corrected chi connectivity index (χ2v) is 6.38. The van der Waals surface area contributed by atoms with E-state index < -0.39 is 10.0 Å². The standard InChI is InChI=1S/C13H23N3O3S/c1-5-16(10(2)9-19-4)11-6-7-13(12(14)8-11)20(17,18)15-3/h6-8,10,15H,5,9,14H2,1-4H3. The molecule has 6 nitrogen and oxygen atoms in total. The Morgan fingerprint density at radius 3 is 2.55 bits per heavy atom. The molecule has 0 aliphatic carbocycles. The minimum absolute atomic E-state index is 0.0965. The van der Waals surface area contributed by atoms with E-state index in [1.807, 2.05) is 13.8 Å². The van der Waals surface area contributed by atoms with Gasteiger partial charge < -0.3 is 15.4 Å². The molecule has 0 fully saturated rings. The van der Waals surface area contributed by atoms with Crippen LogP contribution in [-0.2, 0) is 14.8 Å². The lowest BCUT2D eigenvalue weighted by Crippen LogP contribution is -2.36. The first kappa shape index (κ1) is 16.7. The molecule has 0 spiro atoms. The first-order valence-electron chi connectivity index (χ1n) is 6.46. The molecule has 1 aromatic rings. The zero-order valence-electron chi connectivity index (χ0n) is 12.4. The molecule has 3 N–H and O–H groups in total. The second-order valence-electron chi connectivity index (χ2n) is 4.52. The van der Waals surface area contributed by atoms with Crippen LogP contribution in [0.1, 0.15) is 13.8 Å². The topological polar surface area (TPSA) is 84.7 Å². The number of nitrogen functional groups attached to an aromatic ring is 1. The Bertz CT molecular complexity index is 546. The number of nitrogens with two attached hydrogens (primary N) is 1. The van der Waals surface area contributed by atoms with Gasteiger partial charge in [-0.05, 0) is 39.1 Å². The van der Waals surface area contributed by atoms with Gasteiger partial charge in [-0.15, -0.1) is 0 Å². The van der Waals surface area contributed by atoms with Crippen molar-refractivity contribution in [2.75, 3.05) is 37.9 Å². The van der Waals surface area contributed by atoms with Crippen molar-refractivity contribution in [3.05, 3.63) is 18.2 Å². The monoisotopic (exact) mass is 301 g/mol. The van der Waals surface area contributed by atoms with E-state index in [9.17, 15) is 8.42 Å². The predicted molar refractivity (Wildman–Crippen MR) is 81.5 cm³/mol. The lowest BCUT2D eigenvalue weighted by Gasteiger charge is -2.30. The van der Waals surface area contributed by atoms with Crippen LogP contribution >= 0.6 is 0 Å².